The lowest BCUT2D eigenvalue weighted by atomic mass is 10.4. The number of nitrogens with two attached hydrogens (primary N) is 1. The van der Waals surface area contributed by atoms with Gasteiger partial charge in [-0.15, -0.1) is 0 Å². The Morgan fingerprint density at radius 1 is 1.73 bits per heavy atom. The molecule has 1 aromatic rings. The molecule has 0 saturated heterocycles. The molecule has 3 nitrogen and oxygen atoms in total. The van der Waals surface area contributed by atoms with Gasteiger partial charge in [0.05, 0.1) is 6.20 Å². The summed E-state index contributed by atoms with van der Waals surface area (Å²) in [6, 6.07) is 1.88. The van der Waals surface area contributed by atoms with Gasteiger partial charge in [-0.05, 0) is 12.0 Å². The Labute approximate surface area is 66.2 Å². The van der Waals surface area contributed by atoms with Gasteiger partial charge >= 0.3 is 0 Å². The minimum absolute atomic E-state index is 0.616. The van der Waals surface area contributed by atoms with Gasteiger partial charge in [-0.25, -0.2) is 0 Å². The van der Waals surface area contributed by atoms with Crippen LogP contribution in [0.1, 0.15) is 12.1 Å². The first-order chi connectivity index (χ1) is 5.34. The second kappa shape index (κ2) is 3.79. The predicted octanol–water partition coefficient (Wildman–Crippen LogP) is 0.120. The molecule has 0 aromatic carbocycles. The molecule has 0 atom stereocenters. The summed E-state index contributed by atoms with van der Waals surface area (Å²) in [5.74, 6) is 5.91. The van der Waals surface area contributed by atoms with Crippen LogP contribution in [-0.2, 0) is 7.05 Å². The summed E-state index contributed by atoms with van der Waals surface area (Å²) < 4.78 is 1.74. The Morgan fingerprint density at radius 3 is 3.09 bits per heavy atom. The first-order valence-electron chi connectivity index (χ1n) is 3.51. The molecule has 11 heavy (non-hydrogen) atoms. The van der Waals surface area contributed by atoms with Crippen molar-refractivity contribution in [3.05, 3.63) is 18.0 Å². The van der Waals surface area contributed by atoms with Crippen molar-refractivity contribution in [2.24, 2.45) is 12.8 Å². The quantitative estimate of drug-likeness (QED) is 0.576. The number of nitrogens with zero attached hydrogens (tertiary/aromatic N) is 2. The molecule has 3 heteroatoms. The van der Waals surface area contributed by atoms with E-state index in [0.29, 0.717) is 6.54 Å². The largest absolute Gasteiger partial charge is 0.330 e. The van der Waals surface area contributed by atoms with Crippen molar-refractivity contribution < 1.29 is 0 Å². The van der Waals surface area contributed by atoms with E-state index in [1.807, 2.05) is 13.1 Å². The van der Waals surface area contributed by atoms with E-state index in [9.17, 15) is 0 Å². The van der Waals surface area contributed by atoms with E-state index in [1.165, 1.54) is 0 Å². The van der Waals surface area contributed by atoms with Crippen molar-refractivity contribution in [1.29, 1.82) is 0 Å². The van der Waals surface area contributed by atoms with Gasteiger partial charge in [0.2, 0.25) is 0 Å². The summed E-state index contributed by atoms with van der Waals surface area (Å²) >= 11 is 0. The zero-order valence-corrected chi connectivity index (χ0v) is 6.54. The van der Waals surface area contributed by atoms with Crippen LogP contribution >= 0.6 is 0 Å². The highest BCUT2D eigenvalue weighted by Crippen LogP contribution is 1.91. The Kier molecular flexibility index (Phi) is 2.70. The van der Waals surface area contributed by atoms with Crippen LogP contribution in [0.3, 0.4) is 0 Å². The second-order valence-corrected chi connectivity index (χ2v) is 2.18. The van der Waals surface area contributed by atoms with Gasteiger partial charge in [-0.3, -0.25) is 4.68 Å². The van der Waals surface area contributed by atoms with Crippen LogP contribution in [-0.4, -0.2) is 16.3 Å². The monoisotopic (exact) mass is 149 g/mol. The minimum Gasteiger partial charge on any atom is -0.330 e. The van der Waals surface area contributed by atoms with Crippen LogP contribution < -0.4 is 5.73 Å². The number of hydrogen-bond donors (Lipinski definition) is 1. The fourth-order valence-corrected chi connectivity index (χ4v) is 0.722. The molecule has 0 aliphatic rings. The summed E-state index contributed by atoms with van der Waals surface area (Å²) in [7, 11) is 1.87. The van der Waals surface area contributed by atoms with Gasteiger partial charge in [0.15, 0.2) is 0 Å². The molecule has 1 rings (SSSR count). The maximum atomic E-state index is 5.28. The molecule has 0 aliphatic heterocycles. The van der Waals surface area contributed by atoms with E-state index in [2.05, 4.69) is 16.9 Å². The Balaban J connectivity index is 2.65. The predicted molar refractivity (Wildman–Crippen MR) is 43.8 cm³/mol. The molecule has 0 aliphatic carbocycles. The van der Waals surface area contributed by atoms with Crippen LogP contribution in [0.4, 0.5) is 0 Å². The zero-order valence-electron chi connectivity index (χ0n) is 6.54. The van der Waals surface area contributed by atoms with E-state index >= 15 is 0 Å². The number of aryl methyl sites for hydroxylation is 1. The Bertz CT molecular complexity index is 277. The first kappa shape index (κ1) is 7.83. The fraction of sp³-hybridized carbons (Fsp3) is 0.375. The van der Waals surface area contributed by atoms with E-state index in [0.717, 1.165) is 12.1 Å². The van der Waals surface area contributed by atoms with Crippen LogP contribution in [0.15, 0.2) is 12.3 Å². The van der Waals surface area contributed by atoms with Crippen LogP contribution in [0.25, 0.3) is 0 Å². The SMILES string of the molecule is Cn1nccc1C#CCCN. The number of hydrogen-bond acceptors (Lipinski definition) is 2. The molecule has 0 amide bonds. The molecule has 0 radical (unpaired) electrons. The molecule has 1 heterocycles. The Morgan fingerprint density at radius 2 is 2.55 bits per heavy atom. The van der Waals surface area contributed by atoms with Crippen molar-refractivity contribution in [2.45, 2.75) is 6.42 Å². The average molecular weight is 149 g/mol. The maximum absolute atomic E-state index is 5.28. The molecule has 0 spiro atoms. The van der Waals surface area contributed by atoms with Crippen molar-refractivity contribution in [3.8, 4) is 11.8 Å². The summed E-state index contributed by atoms with van der Waals surface area (Å²) in [4.78, 5) is 0. The van der Waals surface area contributed by atoms with E-state index < -0.39 is 0 Å². The Hall–Kier alpha value is -1.27. The van der Waals surface area contributed by atoms with Gasteiger partial charge < -0.3 is 5.73 Å². The van der Waals surface area contributed by atoms with Gasteiger partial charge in [-0.2, -0.15) is 5.10 Å². The van der Waals surface area contributed by atoms with Crippen molar-refractivity contribution in [1.82, 2.24) is 9.78 Å². The van der Waals surface area contributed by atoms with Gasteiger partial charge in [0.1, 0.15) is 5.69 Å². The zero-order chi connectivity index (χ0) is 8.10. The van der Waals surface area contributed by atoms with E-state index in [4.69, 9.17) is 5.73 Å². The molecule has 2 N–H and O–H groups in total. The topological polar surface area (TPSA) is 43.8 Å². The molecular formula is C8H11N3. The fourth-order valence-electron chi connectivity index (χ4n) is 0.722. The van der Waals surface area contributed by atoms with Crippen LogP contribution in [0.2, 0.25) is 0 Å². The third kappa shape index (κ3) is 2.10. The van der Waals surface area contributed by atoms with E-state index in [1.54, 1.807) is 10.9 Å². The van der Waals surface area contributed by atoms with Crippen molar-refractivity contribution in [3.63, 3.8) is 0 Å². The summed E-state index contributed by atoms with van der Waals surface area (Å²) in [5.41, 5.74) is 6.21. The molecule has 0 fully saturated rings. The lowest BCUT2D eigenvalue weighted by Crippen LogP contribution is -1.96. The maximum Gasteiger partial charge on any atom is 0.110 e. The lowest BCUT2D eigenvalue weighted by Gasteiger charge is -1.88. The van der Waals surface area contributed by atoms with Crippen molar-refractivity contribution in [2.75, 3.05) is 6.54 Å². The smallest absolute Gasteiger partial charge is 0.110 e. The lowest BCUT2D eigenvalue weighted by molar-refractivity contribution is 0.757. The molecule has 0 unspecified atom stereocenters. The third-order valence-corrected chi connectivity index (χ3v) is 1.31. The number of rotatable bonds is 1. The first-order valence-corrected chi connectivity index (χ1v) is 3.51. The van der Waals surface area contributed by atoms with Gasteiger partial charge in [0, 0.05) is 20.0 Å². The summed E-state index contributed by atoms with van der Waals surface area (Å²) in [6.07, 6.45) is 2.47. The van der Waals surface area contributed by atoms with Crippen molar-refractivity contribution >= 4 is 0 Å². The highest BCUT2D eigenvalue weighted by molar-refractivity contribution is 5.26. The molecule has 0 saturated carbocycles. The standard InChI is InChI=1S/C8H11N3/c1-11-8(5-7-10-11)4-2-3-6-9/h5,7H,3,6,9H2,1H3. The highest BCUT2D eigenvalue weighted by atomic mass is 15.2. The van der Waals surface area contributed by atoms with E-state index in [-0.39, 0.29) is 0 Å². The minimum atomic E-state index is 0.616. The molecule has 1 aromatic heterocycles. The van der Waals surface area contributed by atoms with Crippen LogP contribution in [0, 0.1) is 11.8 Å². The summed E-state index contributed by atoms with van der Waals surface area (Å²) in [6.45, 7) is 0.616. The molecular weight excluding hydrogens is 138 g/mol. The third-order valence-electron chi connectivity index (χ3n) is 1.31. The normalized spacial score (nSPS) is 8.91. The number of aromatic nitrogens is 2. The average Bonchev–Trinajstić information content (AvgIpc) is 2.37. The summed E-state index contributed by atoms with van der Waals surface area (Å²) in [5, 5.41) is 3.98. The van der Waals surface area contributed by atoms with Crippen LogP contribution in [0.5, 0.6) is 0 Å². The van der Waals surface area contributed by atoms with Gasteiger partial charge in [-0.1, -0.05) is 5.92 Å². The highest BCUT2D eigenvalue weighted by Gasteiger charge is 1.89. The van der Waals surface area contributed by atoms with Gasteiger partial charge in [0.25, 0.3) is 0 Å². The molecule has 58 valence electrons. The second-order valence-electron chi connectivity index (χ2n) is 2.18. The molecule has 0 bridgehead atoms.